The van der Waals surface area contributed by atoms with Gasteiger partial charge < -0.3 is 0 Å². The van der Waals surface area contributed by atoms with Crippen LogP contribution in [-0.2, 0) is 0 Å². The largest absolute Gasteiger partial charge is 0.193 e. The Balaban J connectivity index is 3.01. The minimum Gasteiger partial charge on any atom is -0.193 e. The van der Waals surface area contributed by atoms with Gasteiger partial charge in [-0.3, -0.25) is 0 Å². The zero-order chi connectivity index (χ0) is 9.68. The molecule has 2 nitrogen and oxygen atoms in total. The lowest BCUT2D eigenvalue weighted by molar-refractivity contribution is 1.16. The number of hydrogen-bond acceptors (Lipinski definition) is 2. The van der Waals surface area contributed by atoms with Crippen LogP contribution in [0.4, 0.5) is 0 Å². The Labute approximate surface area is 79.0 Å². The van der Waals surface area contributed by atoms with Gasteiger partial charge in [0, 0.05) is 7.05 Å². The third-order valence-electron chi connectivity index (χ3n) is 1.94. The van der Waals surface area contributed by atoms with Crippen LogP contribution >= 0.6 is 0 Å². The van der Waals surface area contributed by atoms with E-state index in [1.54, 1.807) is 13.2 Å². The van der Waals surface area contributed by atoms with Crippen LogP contribution in [0.2, 0.25) is 0 Å². The Kier molecular flexibility index (Phi) is 3.38. The van der Waals surface area contributed by atoms with Crippen LogP contribution in [0.25, 0.3) is 5.57 Å². The quantitative estimate of drug-likeness (QED) is 0.613. The van der Waals surface area contributed by atoms with Gasteiger partial charge in [0.05, 0.1) is 6.20 Å². The van der Waals surface area contributed by atoms with Gasteiger partial charge in [-0.2, -0.15) is 10.2 Å². The van der Waals surface area contributed by atoms with Crippen LogP contribution < -0.4 is 0 Å². The third-order valence-corrected chi connectivity index (χ3v) is 1.94. The first-order valence-electron chi connectivity index (χ1n) is 4.27. The van der Waals surface area contributed by atoms with E-state index in [1.807, 2.05) is 19.1 Å². The Morgan fingerprint density at radius 1 is 1.31 bits per heavy atom. The highest BCUT2D eigenvalue weighted by molar-refractivity contribution is 5.65. The molecule has 0 spiro atoms. The molecule has 68 valence electrons. The van der Waals surface area contributed by atoms with Crippen LogP contribution in [0.5, 0.6) is 0 Å². The molecule has 0 fully saturated rings. The number of aryl methyl sites for hydroxylation is 1. The standard InChI is InChI=1S/C11H14N2/c1-9-6-4-5-7-11(9)10(2)8-13-12-3/h4-8H,1-3H3/b10-8+,13-12?. The highest BCUT2D eigenvalue weighted by atomic mass is 15.1. The molecule has 0 aromatic heterocycles. The van der Waals surface area contributed by atoms with Gasteiger partial charge in [0.2, 0.25) is 0 Å². The lowest BCUT2D eigenvalue weighted by atomic mass is 10.0. The van der Waals surface area contributed by atoms with E-state index in [0.29, 0.717) is 0 Å². The van der Waals surface area contributed by atoms with Crippen molar-refractivity contribution in [1.29, 1.82) is 0 Å². The average Bonchev–Trinajstić information content (AvgIpc) is 2.15. The average molecular weight is 174 g/mol. The van der Waals surface area contributed by atoms with Gasteiger partial charge in [-0.1, -0.05) is 24.3 Å². The second kappa shape index (κ2) is 4.55. The molecular formula is C11H14N2. The number of benzene rings is 1. The number of nitrogens with zero attached hydrogens (tertiary/aromatic N) is 2. The molecule has 1 aromatic rings. The van der Waals surface area contributed by atoms with Gasteiger partial charge in [-0.05, 0) is 30.5 Å². The third kappa shape index (κ3) is 2.51. The van der Waals surface area contributed by atoms with Crippen molar-refractivity contribution in [1.82, 2.24) is 0 Å². The summed E-state index contributed by atoms with van der Waals surface area (Å²) in [4.78, 5) is 0. The molecule has 0 aliphatic rings. The smallest absolute Gasteiger partial charge is 0.0526 e. The first-order chi connectivity index (χ1) is 6.25. The van der Waals surface area contributed by atoms with Crippen molar-refractivity contribution in [2.75, 3.05) is 7.05 Å². The van der Waals surface area contributed by atoms with Crippen LogP contribution in [-0.4, -0.2) is 7.05 Å². The molecule has 1 aromatic carbocycles. The summed E-state index contributed by atoms with van der Waals surface area (Å²) in [6.07, 6.45) is 1.78. The van der Waals surface area contributed by atoms with Crippen molar-refractivity contribution in [2.45, 2.75) is 13.8 Å². The molecule has 0 bridgehead atoms. The zero-order valence-electron chi connectivity index (χ0n) is 8.28. The Bertz CT molecular complexity index is 338. The van der Waals surface area contributed by atoms with Crippen molar-refractivity contribution < 1.29 is 0 Å². The molecule has 0 saturated carbocycles. The summed E-state index contributed by atoms with van der Waals surface area (Å²) in [5.41, 5.74) is 3.64. The van der Waals surface area contributed by atoms with E-state index in [0.717, 1.165) is 5.57 Å². The maximum absolute atomic E-state index is 3.85. The number of allylic oxidation sites excluding steroid dienone is 1. The molecular weight excluding hydrogens is 160 g/mol. The monoisotopic (exact) mass is 174 g/mol. The van der Waals surface area contributed by atoms with Gasteiger partial charge in [0.1, 0.15) is 0 Å². The van der Waals surface area contributed by atoms with Gasteiger partial charge in [0.15, 0.2) is 0 Å². The maximum atomic E-state index is 3.85. The second-order valence-electron chi connectivity index (χ2n) is 2.94. The zero-order valence-corrected chi connectivity index (χ0v) is 8.28. The van der Waals surface area contributed by atoms with Crippen LogP contribution in [0.15, 0.2) is 40.7 Å². The minimum atomic E-state index is 1.14. The minimum absolute atomic E-state index is 1.14. The van der Waals surface area contributed by atoms with E-state index in [2.05, 4.69) is 29.3 Å². The maximum Gasteiger partial charge on any atom is 0.0526 e. The first-order valence-corrected chi connectivity index (χ1v) is 4.27. The van der Waals surface area contributed by atoms with Crippen molar-refractivity contribution in [3.8, 4) is 0 Å². The molecule has 0 atom stereocenters. The van der Waals surface area contributed by atoms with Crippen LogP contribution in [0.1, 0.15) is 18.1 Å². The van der Waals surface area contributed by atoms with E-state index in [9.17, 15) is 0 Å². The fraction of sp³-hybridized carbons (Fsp3) is 0.273. The predicted molar refractivity (Wildman–Crippen MR) is 55.6 cm³/mol. The summed E-state index contributed by atoms with van der Waals surface area (Å²) in [6, 6.07) is 8.25. The summed E-state index contributed by atoms with van der Waals surface area (Å²) < 4.78 is 0. The van der Waals surface area contributed by atoms with Crippen molar-refractivity contribution in [3.63, 3.8) is 0 Å². The molecule has 0 N–H and O–H groups in total. The first kappa shape index (κ1) is 9.65. The Morgan fingerprint density at radius 3 is 2.62 bits per heavy atom. The topological polar surface area (TPSA) is 24.7 Å². The van der Waals surface area contributed by atoms with E-state index in [1.165, 1.54) is 11.1 Å². The van der Waals surface area contributed by atoms with E-state index >= 15 is 0 Å². The van der Waals surface area contributed by atoms with E-state index in [-0.39, 0.29) is 0 Å². The molecule has 0 aliphatic carbocycles. The van der Waals surface area contributed by atoms with Crippen LogP contribution in [0.3, 0.4) is 0 Å². The van der Waals surface area contributed by atoms with Crippen molar-refractivity contribution in [2.24, 2.45) is 10.2 Å². The highest BCUT2D eigenvalue weighted by Gasteiger charge is 1.97. The molecule has 0 unspecified atom stereocenters. The molecule has 0 saturated heterocycles. The molecule has 0 aliphatic heterocycles. The molecule has 0 amide bonds. The van der Waals surface area contributed by atoms with E-state index in [4.69, 9.17) is 0 Å². The van der Waals surface area contributed by atoms with Gasteiger partial charge in [-0.15, -0.1) is 0 Å². The molecule has 0 heterocycles. The van der Waals surface area contributed by atoms with Gasteiger partial charge in [0.25, 0.3) is 0 Å². The Hall–Kier alpha value is -1.44. The Morgan fingerprint density at radius 2 is 2.00 bits per heavy atom. The summed E-state index contributed by atoms with van der Waals surface area (Å²) in [5, 5.41) is 7.53. The summed E-state index contributed by atoms with van der Waals surface area (Å²) in [6.45, 7) is 4.13. The second-order valence-corrected chi connectivity index (χ2v) is 2.94. The summed E-state index contributed by atoms with van der Waals surface area (Å²) >= 11 is 0. The predicted octanol–water partition coefficient (Wildman–Crippen LogP) is 3.44. The van der Waals surface area contributed by atoms with Gasteiger partial charge >= 0.3 is 0 Å². The molecule has 1 rings (SSSR count). The summed E-state index contributed by atoms with van der Waals surface area (Å²) in [5.74, 6) is 0. The van der Waals surface area contributed by atoms with Crippen LogP contribution in [0, 0.1) is 6.92 Å². The lowest BCUT2D eigenvalue weighted by Gasteiger charge is -2.03. The fourth-order valence-corrected chi connectivity index (χ4v) is 1.23. The van der Waals surface area contributed by atoms with Crippen molar-refractivity contribution >= 4 is 5.57 Å². The van der Waals surface area contributed by atoms with Gasteiger partial charge in [-0.25, -0.2) is 0 Å². The molecule has 0 radical (unpaired) electrons. The number of hydrogen-bond donors (Lipinski definition) is 0. The normalized spacial score (nSPS) is 12.4. The van der Waals surface area contributed by atoms with Crippen molar-refractivity contribution in [3.05, 3.63) is 41.6 Å². The fourth-order valence-electron chi connectivity index (χ4n) is 1.23. The molecule has 2 heteroatoms. The number of azo groups is 1. The number of rotatable bonds is 2. The summed E-state index contributed by atoms with van der Waals surface area (Å²) in [7, 11) is 1.67. The lowest BCUT2D eigenvalue weighted by Crippen LogP contribution is -1.83. The highest BCUT2D eigenvalue weighted by Crippen LogP contribution is 2.17. The molecule has 13 heavy (non-hydrogen) atoms. The SMILES string of the molecule is CN=N/C=C(\C)c1ccccc1C. The van der Waals surface area contributed by atoms with E-state index < -0.39 is 0 Å².